The first-order valence-corrected chi connectivity index (χ1v) is 6.24. The Bertz CT molecular complexity index is 541. The predicted octanol–water partition coefficient (Wildman–Crippen LogP) is 3.15. The average molecular weight is 248 g/mol. The largest absolute Gasteiger partial charge is 0.507 e. The van der Waals surface area contributed by atoms with E-state index < -0.39 is 0 Å². The first kappa shape index (κ1) is 12.9. The lowest BCUT2D eigenvalue weighted by Gasteiger charge is -2.39. The number of phenolic OH excluding ortho intramolecular Hbond substituents is 1. The van der Waals surface area contributed by atoms with Crippen LogP contribution in [0.1, 0.15) is 43.0 Å². The number of aromatic hydroxyl groups is 1. The first-order valence-electron chi connectivity index (χ1n) is 6.24. The number of carbonyl (C=O) groups is 1. The molecule has 1 N–H and O–H groups in total. The van der Waals surface area contributed by atoms with Crippen LogP contribution in [-0.2, 0) is 10.2 Å². The highest BCUT2D eigenvalue weighted by atomic mass is 16.5. The summed E-state index contributed by atoms with van der Waals surface area (Å²) in [6, 6.07) is 0. The Kier molecular flexibility index (Phi) is 2.69. The Balaban J connectivity index is 2.86. The van der Waals surface area contributed by atoms with Gasteiger partial charge in [0.25, 0.3) is 0 Å². The van der Waals surface area contributed by atoms with Gasteiger partial charge in [-0.05, 0) is 37.5 Å². The second kappa shape index (κ2) is 3.74. The van der Waals surface area contributed by atoms with Gasteiger partial charge in [-0.15, -0.1) is 0 Å². The van der Waals surface area contributed by atoms with E-state index in [2.05, 4.69) is 0 Å². The molecule has 0 fully saturated rings. The molecular formula is C15H20O3. The molecule has 18 heavy (non-hydrogen) atoms. The summed E-state index contributed by atoms with van der Waals surface area (Å²) in [5.41, 5.74) is 3.07. The molecule has 98 valence electrons. The minimum absolute atomic E-state index is 0.194. The molecule has 0 aliphatic carbocycles. The summed E-state index contributed by atoms with van der Waals surface area (Å²) < 4.78 is 5.48. The normalized spacial score (nSPS) is 21.4. The molecule has 1 aliphatic rings. The molecular weight excluding hydrogens is 228 g/mol. The molecule has 1 atom stereocenters. The molecule has 1 unspecified atom stereocenters. The smallest absolute Gasteiger partial charge is 0.314 e. The lowest BCUT2D eigenvalue weighted by atomic mass is 9.70. The van der Waals surface area contributed by atoms with Crippen LogP contribution in [0.25, 0.3) is 0 Å². The summed E-state index contributed by atoms with van der Waals surface area (Å²) >= 11 is 0. The Labute approximate surface area is 108 Å². The van der Waals surface area contributed by atoms with Crippen molar-refractivity contribution >= 4 is 5.97 Å². The number of rotatable bonds is 0. The lowest BCUT2D eigenvalue weighted by molar-refractivity contribution is -0.142. The van der Waals surface area contributed by atoms with Crippen LogP contribution in [-0.4, -0.2) is 11.1 Å². The van der Waals surface area contributed by atoms with E-state index in [1.165, 1.54) is 0 Å². The van der Waals surface area contributed by atoms with E-state index >= 15 is 0 Å². The van der Waals surface area contributed by atoms with Gasteiger partial charge >= 0.3 is 5.97 Å². The standard InChI is InChI=1S/C15H20O3/c1-7-8(2)13-11(9(3)12(7)16)15(5,6)10(4)14(17)18-13/h10,16H,1-6H3. The van der Waals surface area contributed by atoms with Crippen molar-refractivity contribution in [2.75, 3.05) is 0 Å². The van der Waals surface area contributed by atoms with Gasteiger partial charge in [0.2, 0.25) is 0 Å². The molecule has 3 heteroatoms. The lowest BCUT2D eigenvalue weighted by Crippen LogP contribution is -2.40. The van der Waals surface area contributed by atoms with Crippen molar-refractivity contribution in [2.45, 2.75) is 47.0 Å². The van der Waals surface area contributed by atoms with Gasteiger partial charge in [-0.1, -0.05) is 20.8 Å². The number of hydrogen-bond acceptors (Lipinski definition) is 3. The van der Waals surface area contributed by atoms with Gasteiger partial charge in [-0.25, -0.2) is 0 Å². The third-order valence-corrected chi connectivity index (χ3v) is 4.50. The van der Waals surface area contributed by atoms with Crippen LogP contribution in [0.2, 0.25) is 0 Å². The topological polar surface area (TPSA) is 46.5 Å². The second-order valence-electron chi connectivity index (χ2n) is 5.79. The van der Waals surface area contributed by atoms with Gasteiger partial charge in [0.1, 0.15) is 11.5 Å². The van der Waals surface area contributed by atoms with E-state index in [-0.39, 0.29) is 17.3 Å². The summed E-state index contributed by atoms with van der Waals surface area (Å²) in [4.78, 5) is 11.9. The van der Waals surface area contributed by atoms with E-state index in [9.17, 15) is 9.90 Å². The summed E-state index contributed by atoms with van der Waals surface area (Å²) in [5.74, 6) is 0.533. The number of phenols is 1. The minimum atomic E-state index is -0.329. The van der Waals surface area contributed by atoms with Crippen LogP contribution in [0.15, 0.2) is 0 Å². The zero-order valence-electron chi connectivity index (χ0n) is 11.8. The van der Waals surface area contributed by atoms with Crippen molar-refractivity contribution in [3.05, 3.63) is 22.3 Å². The van der Waals surface area contributed by atoms with Crippen LogP contribution < -0.4 is 4.74 Å². The van der Waals surface area contributed by atoms with Crippen LogP contribution in [0, 0.1) is 26.7 Å². The van der Waals surface area contributed by atoms with E-state index in [4.69, 9.17) is 4.74 Å². The van der Waals surface area contributed by atoms with E-state index in [0.29, 0.717) is 11.5 Å². The second-order valence-corrected chi connectivity index (χ2v) is 5.79. The van der Waals surface area contributed by atoms with Crippen LogP contribution >= 0.6 is 0 Å². The van der Waals surface area contributed by atoms with Crippen molar-refractivity contribution in [1.29, 1.82) is 0 Å². The van der Waals surface area contributed by atoms with Crippen molar-refractivity contribution in [1.82, 2.24) is 0 Å². The van der Waals surface area contributed by atoms with Crippen molar-refractivity contribution in [2.24, 2.45) is 5.92 Å². The first-order chi connectivity index (χ1) is 8.19. The Hall–Kier alpha value is -1.51. The highest BCUT2D eigenvalue weighted by molar-refractivity contribution is 5.82. The molecule has 0 saturated heterocycles. The number of esters is 1. The summed E-state index contributed by atoms with van der Waals surface area (Å²) in [6.45, 7) is 11.5. The number of benzene rings is 1. The fourth-order valence-corrected chi connectivity index (χ4v) is 2.71. The number of carbonyl (C=O) groups excluding carboxylic acids is 1. The van der Waals surface area contributed by atoms with Gasteiger partial charge in [0.05, 0.1) is 5.92 Å². The Morgan fingerprint density at radius 2 is 1.67 bits per heavy atom. The van der Waals surface area contributed by atoms with Gasteiger partial charge < -0.3 is 9.84 Å². The zero-order chi connectivity index (χ0) is 13.8. The van der Waals surface area contributed by atoms with E-state index in [1.807, 2.05) is 41.5 Å². The highest BCUT2D eigenvalue weighted by Gasteiger charge is 2.43. The van der Waals surface area contributed by atoms with Crippen molar-refractivity contribution in [3.63, 3.8) is 0 Å². The van der Waals surface area contributed by atoms with Crippen molar-refractivity contribution in [3.8, 4) is 11.5 Å². The highest BCUT2D eigenvalue weighted by Crippen LogP contribution is 2.49. The van der Waals surface area contributed by atoms with E-state index in [0.717, 1.165) is 22.3 Å². The Morgan fingerprint density at radius 3 is 2.22 bits per heavy atom. The third-order valence-electron chi connectivity index (χ3n) is 4.50. The maximum Gasteiger partial charge on any atom is 0.314 e. The monoisotopic (exact) mass is 248 g/mol. The maximum absolute atomic E-state index is 11.9. The SMILES string of the molecule is Cc1c(C)c2c(c(C)c1O)C(C)(C)C(C)C(=O)O2. The quantitative estimate of drug-likeness (QED) is 0.566. The van der Waals surface area contributed by atoms with Crippen LogP contribution in [0.5, 0.6) is 11.5 Å². The molecule has 0 spiro atoms. The van der Waals surface area contributed by atoms with E-state index in [1.54, 1.807) is 0 Å². The molecule has 0 saturated carbocycles. The van der Waals surface area contributed by atoms with Crippen LogP contribution in [0.3, 0.4) is 0 Å². The summed E-state index contributed by atoms with van der Waals surface area (Å²) in [7, 11) is 0. The minimum Gasteiger partial charge on any atom is -0.507 e. The van der Waals surface area contributed by atoms with Gasteiger partial charge in [-0.3, -0.25) is 4.79 Å². The molecule has 1 heterocycles. The third kappa shape index (κ3) is 1.46. The van der Waals surface area contributed by atoms with Crippen molar-refractivity contribution < 1.29 is 14.6 Å². The summed E-state index contributed by atoms with van der Waals surface area (Å²) in [6.07, 6.45) is 0. The number of ether oxygens (including phenoxy) is 1. The molecule has 0 aromatic heterocycles. The zero-order valence-corrected chi connectivity index (χ0v) is 11.8. The molecule has 1 aliphatic heterocycles. The molecule has 0 bridgehead atoms. The van der Waals surface area contributed by atoms with Gasteiger partial charge in [0.15, 0.2) is 0 Å². The molecule has 1 aromatic carbocycles. The molecule has 2 rings (SSSR count). The van der Waals surface area contributed by atoms with Gasteiger partial charge in [-0.2, -0.15) is 0 Å². The molecule has 0 radical (unpaired) electrons. The predicted molar refractivity (Wildman–Crippen MR) is 70.1 cm³/mol. The fourth-order valence-electron chi connectivity index (χ4n) is 2.71. The molecule has 0 amide bonds. The summed E-state index contributed by atoms with van der Waals surface area (Å²) in [5, 5.41) is 10.2. The average Bonchev–Trinajstić information content (AvgIpc) is 2.30. The Morgan fingerprint density at radius 1 is 1.11 bits per heavy atom. The molecule has 3 nitrogen and oxygen atoms in total. The maximum atomic E-state index is 11.9. The van der Waals surface area contributed by atoms with Gasteiger partial charge in [0, 0.05) is 11.0 Å². The molecule has 1 aromatic rings. The fraction of sp³-hybridized carbons (Fsp3) is 0.533. The van der Waals surface area contributed by atoms with Crippen LogP contribution in [0.4, 0.5) is 0 Å². The number of hydrogen-bond donors (Lipinski definition) is 1. The number of fused-ring (bicyclic) bond motifs is 1.